The first-order valence-corrected chi connectivity index (χ1v) is 6.44. The molecule has 2 nitrogen and oxygen atoms in total. The van der Waals surface area contributed by atoms with Gasteiger partial charge in [0.1, 0.15) is 0 Å². The Kier molecular flexibility index (Phi) is 5.42. The lowest BCUT2D eigenvalue weighted by Crippen LogP contribution is -2.08. The summed E-state index contributed by atoms with van der Waals surface area (Å²) in [5, 5.41) is 9.45. The number of furan rings is 1. The molecule has 1 heterocycles. The Morgan fingerprint density at radius 1 is 1.44 bits per heavy atom. The highest BCUT2D eigenvalue weighted by Gasteiger charge is 2.29. The lowest BCUT2D eigenvalue weighted by Gasteiger charge is -2.19. The van der Waals surface area contributed by atoms with Gasteiger partial charge in [-0.15, -0.1) is 6.58 Å². The maximum Gasteiger partial charge on any atom is 0.0902 e. The van der Waals surface area contributed by atoms with Crippen LogP contribution in [-0.4, -0.2) is 11.2 Å². The van der Waals surface area contributed by atoms with Gasteiger partial charge in [-0.05, 0) is 43.7 Å². The summed E-state index contributed by atoms with van der Waals surface area (Å²) in [6, 6.07) is 3.67. The zero-order valence-electron chi connectivity index (χ0n) is 11.6. The Labute approximate surface area is 110 Å². The van der Waals surface area contributed by atoms with Gasteiger partial charge in [0.25, 0.3) is 0 Å². The molecule has 0 radical (unpaired) electrons. The summed E-state index contributed by atoms with van der Waals surface area (Å²) in [5.74, 6) is 0. The van der Waals surface area contributed by atoms with Crippen molar-refractivity contribution in [3.63, 3.8) is 0 Å². The Balaban J connectivity index is 0.000000269. The topological polar surface area (TPSA) is 33.4 Å². The van der Waals surface area contributed by atoms with Crippen molar-refractivity contribution in [3.05, 3.63) is 48.5 Å². The highest BCUT2D eigenvalue weighted by Crippen LogP contribution is 2.43. The second-order valence-electron chi connectivity index (χ2n) is 5.41. The van der Waals surface area contributed by atoms with Crippen LogP contribution in [0.5, 0.6) is 0 Å². The molecule has 0 fully saturated rings. The van der Waals surface area contributed by atoms with Gasteiger partial charge in [-0.25, -0.2) is 0 Å². The number of rotatable bonds is 3. The molecule has 0 bridgehead atoms. The van der Waals surface area contributed by atoms with Gasteiger partial charge in [-0.1, -0.05) is 31.1 Å². The molecule has 1 aromatic rings. The van der Waals surface area contributed by atoms with E-state index in [-0.39, 0.29) is 6.10 Å². The summed E-state index contributed by atoms with van der Waals surface area (Å²) in [6.45, 7) is 10.3. The number of allylic oxidation sites excluding steroid dienone is 1. The van der Waals surface area contributed by atoms with Crippen LogP contribution in [0.2, 0.25) is 0 Å². The van der Waals surface area contributed by atoms with Gasteiger partial charge in [0, 0.05) is 0 Å². The fourth-order valence-corrected chi connectivity index (χ4v) is 2.13. The minimum absolute atomic E-state index is 0.343. The van der Waals surface area contributed by atoms with Crippen LogP contribution in [0.1, 0.15) is 40.0 Å². The average molecular weight is 248 g/mol. The molecule has 2 heteroatoms. The predicted molar refractivity (Wildman–Crippen MR) is 75.2 cm³/mol. The van der Waals surface area contributed by atoms with Crippen molar-refractivity contribution in [3.8, 4) is 0 Å². The zero-order chi connectivity index (χ0) is 13.6. The first-order chi connectivity index (χ1) is 8.47. The molecule has 1 aliphatic carbocycles. The monoisotopic (exact) mass is 248 g/mol. The summed E-state index contributed by atoms with van der Waals surface area (Å²) in [4.78, 5) is 0. The Morgan fingerprint density at radius 3 is 2.39 bits per heavy atom. The van der Waals surface area contributed by atoms with Crippen LogP contribution in [-0.2, 0) is 0 Å². The smallest absolute Gasteiger partial charge is 0.0902 e. The molecule has 2 rings (SSSR count). The lowest BCUT2D eigenvalue weighted by molar-refractivity contribution is 0.223. The van der Waals surface area contributed by atoms with Crippen molar-refractivity contribution < 1.29 is 9.52 Å². The number of aliphatic hydroxyl groups excluding tert-OH is 1. The van der Waals surface area contributed by atoms with E-state index in [0.717, 1.165) is 12.8 Å². The molecular formula is C16H24O2. The summed E-state index contributed by atoms with van der Waals surface area (Å²) >= 11 is 0. The van der Waals surface area contributed by atoms with Gasteiger partial charge in [-0.2, -0.15) is 0 Å². The number of hydrogen-bond acceptors (Lipinski definition) is 2. The van der Waals surface area contributed by atoms with Crippen molar-refractivity contribution in [2.45, 2.75) is 46.1 Å². The Hall–Kier alpha value is -1.28. The summed E-state index contributed by atoms with van der Waals surface area (Å²) in [6.07, 6.45) is 7.64. The van der Waals surface area contributed by atoms with E-state index in [4.69, 9.17) is 0 Å². The van der Waals surface area contributed by atoms with Crippen molar-refractivity contribution in [1.29, 1.82) is 0 Å². The number of hydrogen-bond donors (Lipinski definition) is 1. The van der Waals surface area contributed by atoms with Gasteiger partial charge in [0.15, 0.2) is 0 Å². The molecule has 100 valence electrons. The lowest BCUT2D eigenvalue weighted by atomic mass is 9.86. The van der Waals surface area contributed by atoms with Crippen LogP contribution < -0.4 is 0 Å². The van der Waals surface area contributed by atoms with Gasteiger partial charge >= 0.3 is 0 Å². The second kappa shape index (κ2) is 6.60. The molecule has 1 unspecified atom stereocenters. The van der Waals surface area contributed by atoms with E-state index < -0.39 is 0 Å². The zero-order valence-corrected chi connectivity index (χ0v) is 11.6. The summed E-state index contributed by atoms with van der Waals surface area (Å²) in [7, 11) is 0. The Morgan fingerprint density at radius 2 is 2.06 bits per heavy atom. The molecular weight excluding hydrogens is 224 g/mol. The highest BCUT2D eigenvalue weighted by atomic mass is 16.3. The van der Waals surface area contributed by atoms with Crippen molar-refractivity contribution in [2.75, 3.05) is 0 Å². The van der Waals surface area contributed by atoms with Crippen molar-refractivity contribution in [2.24, 2.45) is 5.41 Å². The summed E-state index contributed by atoms with van der Waals surface area (Å²) < 4.78 is 4.58. The van der Waals surface area contributed by atoms with E-state index in [1.165, 1.54) is 17.6 Å². The molecule has 1 N–H and O–H groups in total. The molecule has 1 atom stereocenters. The third-order valence-electron chi connectivity index (χ3n) is 3.75. The molecule has 1 aliphatic rings. The van der Waals surface area contributed by atoms with Gasteiger partial charge < -0.3 is 9.52 Å². The molecule has 0 aromatic carbocycles. The van der Waals surface area contributed by atoms with E-state index in [1.807, 2.05) is 12.1 Å². The van der Waals surface area contributed by atoms with E-state index >= 15 is 0 Å². The van der Waals surface area contributed by atoms with Gasteiger partial charge in [-0.3, -0.25) is 0 Å². The van der Waals surface area contributed by atoms with Crippen LogP contribution in [0, 0.1) is 5.41 Å². The SMILES string of the molecule is C=CC(O)CC1=C(C)C(C)(C)CC1.c1ccoc1. The normalized spacial score (nSPS) is 19.1. The minimum atomic E-state index is -0.362. The highest BCUT2D eigenvalue weighted by molar-refractivity contribution is 5.25. The maximum absolute atomic E-state index is 9.45. The third-order valence-corrected chi connectivity index (χ3v) is 3.75. The molecule has 0 saturated heterocycles. The van der Waals surface area contributed by atoms with E-state index in [0.29, 0.717) is 5.41 Å². The van der Waals surface area contributed by atoms with Crippen LogP contribution in [0.15, 0.2) is 52.9 Å². The van der Waals surface area contributed by atoms with E-state index in [2.05, 4.69) is 31.8 Å². The largest absolute Gasteiger partial charge is 0.473 e. The Bertz CT molecular complexity index is 368. The molecule has 0 aliphatic heterocycles. The minimum Gasteiger partial charge on any atom is -0.473 e. The second-order valence-corrected chi connectivity index (χ2v) is 5.41. The maximum atomic E-state index is 9.45. The first kappa shape index (κ1) is 14.8. The molecule has 0 amide bonds. The first-order valence-electron chi connectivity index (χ1n) is 6.44. The molecule has 0 spiro atoms. The molecule has 18 heavy (non-hydrogen) atoms. The number of aliphatic hydroxyl groups is 1. The predicted octanol–water partition coefficient (Wildman–Crippen LogP) is 4.34. The molecule has 1 aromatic heterocycles. The van der Waals surface area contributed by atoms with E-state index in [1.54, 1.807) is 18.6 Å². The average Bonchev–Trinajstić information content (AvgIpc) is 2.97. The fraction of sp³-hybridized carbons (Fsp3) is 0.500. The van der Waals surface area contributed by atoms with Crippen molar-refractivity contribution in [1.82, 2.24) is 0 Å². The van der Waals surface area contributed by atoms with Crippen LogP contribution >= 0.6 is 0 Å². The van der Waals surface area contributed by atoms with Crippen LogP contribution in [0.3, 0.4) is 0 Å². The van der Waals surface area contributed by atoms with Gasteiger partial charge in [0.2, 0.25) is 0 Å². The van der Waals surface area contributed by atoms with Crippen molar-refractivity contribution >= 4 is 0 Å². The fourth-order valence-electron chi connectivity index (χ4n) is 2.13. The van der Waals surface area contributed by atoms with Crippen LogP contribution in [0.25, 0.3) is 0 Å². The van der Waals surface area contributed by atoms with Gasteiger partial charge in [0.05, 0.1) is 18.6 Å². The standard InChI is InChI=1S/C12H20O.C4H4O/c1-5-11(13)8-10-6-7-12(3,4)9(10)2;1-2-4-5-3-1/h5,11,13H,1,6-8H2,2-4H3;1-4H. The van der Waals surface area contributed by atoms with Crippen LogP contribution in [0.4, 0.5) is 0 Å². The summed E-state index contributed by atoms with van der Waals surface area (Å²) in [5.41, 5.74) is 3.24. The third kappa shape index (κ3) is 4.19. The van der Waals surface area contributed by atoms with E-state index in [9.17, 15) is 5.11 Å². The molecule has 0 saturated carbocycles. The quantitative estimate of drug-likeness (QED) is 0.807.